The molecule has 0 unspecified atom stereocenters. The molecule has 2 bridgehead atoms. The first-order valence-electron chi connectivity index (χ1n) is 9.87. The standard InChI is InChI=1S/C22H25N3O5/c1-4-11-25-18(20(27)24-12-13-5-7-14(29-3)8-6-13)22-10-9-15(30-22)16(19(26)23-2)17(22)21(25)28/h4-10,15-18H,1,11-12H2,2-3H3,(H,23,26)(H,24,27)/t15-,16-,17-,18-,22-/m1/s1. The number of carbonyl (C=O) groups is 3. The molecule has 3 aliphatic heterocycles. The number of methoxy groups -OCH3 is 1. The second-order valence-corrected chi connectivity index (χ2v) is 7.66. The van der Waals surface area contributed by atoms with Crippen LogP contribution in [0.5, 0.6) is 5.75 Å². The molecule has 158 valence electrons. The molecule has 1 aromatic rings. The molecule has 3 aliphatic rings. The number of ether oxygens (including phenoxy) is 2. The summed E-state index contributed by atoms with van der Waals surface area (Å²) in [5.74, 6) is -1.51. The molecule has 0 aliphatic carbocycles. The summed E-state index contributed by atoms with van der Waals surface area (Å²) in [7, 11) is 3.12. The maximum Gasteiger partial charge on any atom is 0.246 e. The Morgan fingerprint density at radius 1 is 1.30 bits per heavy atom. The summed E-state index contributed by atoms with van der Waals surface area (Å²) in [4.78, 5) is 40.4. The first-order valence-corrected chi connectivity index (χ1v) is 9.87. The van der Waals surface area contributed by atoms with Crippen LogP contribution in [0.15, 0.2) is 49.1 Å². The van der Waals surface area contributed by atoms with Crippen molar-refractivity contribution in [2.24, 2.45) is 11.8 Å². The van der Waals surface area contributed by atoms with Gasteiger partial charge in [-0.2, -0.15) is 0 Å². The molecule has 2 saturated heterocycles. The highest BCUT2D eigenvalue weighted by atomic mass is 16.5. The van der Waals surface area contributed by atoms with Crippen LogP contribution in [0.1, 0.15) is 5.56 Å². The van der Waals surface area contributed by atoms with Gasteiger partial charge in [0.15, 0.2) is 0 Å². The lowest BCUT2D eigenvalue weighted by Crippen LogP contribution is -2.54. The number of nitrogens with zero attached hydrogens (tertiary/aromatic N) is 1. The highest BCUT2D eigenvalue weighted by Gasteiger charge is 2.72. The van der Waals surface area contributed by atoms with E-state index in [1.165, 1.54) is 11.9 Å². The highest BCUT2D eigenvalue weighted by Crippen LogP contribution is 2.54. The van der Waals surface area contributed by atoms with E-state index in [2.05, 4.69) is 17.2 Å². The summed E-state index contributed by atoms with van der Waals surface area (Å²) in [6, 6.07) is 6.48. The molecule has 8 nitrogen and oxygen atoms in total. The van der Waals surface area contributed by atoms with Gasteiger partial charge >= 0.3 is 0 Å². The van der Waals surface area contributed by atoms with E-state index < -0.39 is 29.6 Å². The normalized spacial score (nSPS) is 30.9. The third-order valence-electron chi connectivity index (χ3n) is 6.12. The second kappa shape index (κ2) is 7.60. The lowest BCUT2D eigenvalue weighted by molar-refractivity contribution is -0.141. The van der Waals surface area contributed by atoms with Crippen LogP contribution in [-0.2, 0) is 25.7 Å². The van der Waals surface area contributed by atoms with Crippen LogP contribution in [0.2, 0.25) is 0 Å². The van der Waals surface area contributed by atoms with Crippen molar-refractivity contribution < 1.29 is 23.9 Å². The molecule has 0 radical (unpaired) electrons. The van der Waals surface area contributed by atoms with Crippen LogP contribution in [0.25, 0.3) is 0 Å². The average Bonchev–Trinajstić information content (AvgIpc) is 3.40. The average molecular weight is 411 g/mol. The molecule has 0 aromatic heterocycles. The van der Waals surface area contributed by atoms with E-state index in [0.29, 0.717) is 6.54 Å². The monoisotopic (exact) mass is 411 g/mol. The lowest BCUT2D eigenvalue weighted by Gasteiger charge is -2.31. The van der Waals surface area contributed by atoms with Crippen molar-refractivity contribution in [1.82, 2.24) is 15.5 Å². The van der Waals surface area contributed by atoms with Crippen molar-refractivity contribution in [2.45, 2.75) is 24.3 Å². The first-order chi connectivity index (χ1) is 14.5. The van der Waals surface area contributed by atoms with Crippen molar-refractivity contribution >= 4 is 17.7 Å². The van der Waals surface area contributed by atoms with Gasteiger partial charge in [0, 0.05) is 20.1 Å². The van der Waals surface area contributed by atoms with Gasteiger partial charge in [0.1, 0.15) is 17.4 Å². The Morgan fingerprint density at radius 3 is 2.67 bits per heavy atom. The minimum Gasteiger partial charge on any atom is -0.497 e. The molecule has 30 heavy (non-hydrogen) atoms. The second-order valence-electron chi connectivity index (χ2n) is 7.66. The largest absolute Gasteiger partial charge is 0.497 e. The van der Waals surface area contributed by atoms with Gasteiger partial charge in [-0.3, -0.25) is 14.4 Å². The summed E-state index contributed by atoms with van der Waals surface area (Å²) in [5.41, 5.74) is -0.250. The highest BCUT2D eigenvalue weighted by molar-refractivity contribution is 5.99. The smallest absolute Gasteiger partial charge is 0.246 e. The molecule has 3 amide bonds. The molecule has 2 fully saturated rings. The molecule has 1 aromatic carbocycles. The quantitative estimate of drug-likeness (QED) is 0.633. The van der Waals surface area contributed by atoms with Crippen LogP contribution >= 0.6 is 0 Å². The Kier molecular flexibility index (Phi) is 5.11. The maximum absolute atomic E-state index is 13.3. The number of hydrogen-bond donors (Lipinski definition) is 2. The first kappa shape index (κ1) is 20.2. The number of nitrogens with one attached hydrogen (secondary N) is 2. The van der Waals surface area contributed by atoms with Crippen molar-refractivity contribution in [3.8, 4) is 5.75 Å². The predicted molar refractivity (Wildman–Crippen MR) is 108 cm³/mol. The molecule has 5 atom stereocenters. The maximum atomic E-state index is 13.3. The van der Waals surface area contributed by atoms with Gasteiger partial charge in [0.25, 0.3) is 0 Å². The van der Waals surface area contributed by atoms with Crippen LogP contribution in [0.3, 0.4) is 0 Å². The fourth-order valence-electron chi connectivity index (χ4n) is 4.80. The molecule has 1 spiro atoms. The zero-order valence-corrected chi connectivity index (χ0v) is 17.0. The van der Waals surface area contributed by atoms with E-state index in [0.717, 1.165) is 11.3 Å². The van der Waals surface area contributed by atoms with Gasteiger partial charge in [-0.25, -0.2) is 0 Å². The van der Waals surface area contributed by atoms with Crippen LogP contribution in [0.4, 0.5) is 0 Å². The van der Waals surface area contributed by atoms with E-state index >= 15 is 0 Å². The number of carbonyl (C=O) groups excluding carboxylic acids is 3. The Bertz CT molecular complexity index is 912. The minimum atomic E-state index is -1.15. The molecule has 3 heterocycles. The lowest BCUT2D eigenvalue weighted by atomic mass is 9.74. The van der Waals surface area contributed by atoms with Crippen molar-refractivity contribution in [3.63, 3.8) is 0 Å². The van der Waals surface area contributed by atoms with E-state index in [-0.39, 0.29) is 24.3 Å². The molecule has 2 N–H and O–H groups in total. The van der Waals surface area contributed by atoms with Crippen molar-refractivity contribution in [3.05, 3.63) is 54.6 Å². The Labute approximate surface area is 174 Å². The SMILES string of the molecule is C=CCN1C(=O)[C@H]2[C@H](C(=O)NC)[C@H]3C=C[C@]2(O3)[C@H]1C(=O)NCc1ccc(OC)cc1. The number of likely N-dealkylation sites (tertiary alicyclic amines) is 1. The zero-order valence-electron chi connectivity index (χ0n) is 17.0. The van der Waals surface area contributed by atoms with Crippen molar-refractivity contribution in [2.75, 3.05) is 20.7 Å². The fourth-order valence-corrected chi connectivity index (χ4v) is 4.80. The third-order valence-corrected chi connectivity index (χ3v) is 6.12. The van der Waals surface area contributed by atoms with E-state index in [1.54, 1.807) is 25.3 Å². The van der Waals surface area contributed by atoms with Crippen LogP contribution < -0.4 is 15.4 Å². The van der Waals surface area contributed by atoms with E-state index in [4.69, 9.17) is 9.47 Å². The molecule has 0 saturated carbocycles. The summed E-state index contributed by atoms with van der Waals surface area (Å²) in [6.07, 6.45) is 4.62. The van der Waals surface area contributed by atoms with E-state index in [1.807, 2.05) is 24.3 Å². The van der Waals surface area contributed by atoms with Gasteiger partial charge in [-0.15, -0.1) is 6.58 Å². The number of rotatable bonds is 7. The van der Waals surface area contributed by atoms with Gasteiger partial charge in [-0.05, 0) is 17.7 Å². The Hall–Kier alpha value is -3.13. The van der Waals surface area contributed by atoms with Gasteiger partial charge in [0.05, 0.1) is 25.0 Å². The minimum absolute atomic E-state index is 0.194. The predicted octanol–water partition coefficient (Wildman–Crippen LogP) is 0.394. The number of fused-ring (bicyclic) bond motifs is 1. The van der Waals surface area contributed by atoms with Crippen LogP contribution in [-0.4, -0.2) is 61.1 Å². The zero-order chi connectivity index (χ0) is 21.5. The van der Waals surface area contributed by atoms with Crippen molar-refractivity contribution in [1.29, 1.82) is 0 Å². The molecular weight excluding hydrogens is 386 g/mol. The summed E-state index contributed by atoms with van der Waals surface area (Å²) < 4.78 is 11.3. The summed E-state index contributed by atoms with van der Waals surface area (Å²) >= 11 is 0. The van der Waals surface area contributed by atoms with Gasteiger partial charge in [-0.1, -0.05) is 30.4 Å². The molecular formula is C22H25N3O5. The summed E-state index contributed by atoms with van der Waals surface area (Å²) in [5, 5.41) is 5.53. The number of hydrogen-bond acceptors (Lipinski definition) is 5. The molecule has 4 rings (SSSR count). The third kappa shape index (κ3) is 2.90. The molecule has 8 heteroatoms. The van der Waals surface area contributed by atoms with Gasteiger partial charge < -0.3 is 25.0 Å². The number of benzene rings is 1. The van der Waals surface area contributed by atoms with Crippen LogP contribution in [0, 0.1) is 11.8 Å². The Balaban J connectivity index is 1.59. The number of amides is 3. The Morgan fingerprint density at radius 2 is 2.03 bits per heavy atom. The van der Waals surface area contributed by atoms with E-state index in [9.17, 15) is 14.4 Å². The summed E-state index contributed by atoms with van der Waals surface area (Å²) in [6.45, 7) is 4.20. The fraction of sp³-hybridized carbons (Fsp3) is 0.409. The van der Waals surface area contributed by atoms with Gasteiger partial charge in [0.2, 0.25) is 17.7 Å². The topological polar surface area (TPSA) is 97.0 Å².